The van der Waals surface area contributed by atoms with Crippen molar-refractivity contribution in [3.8, 4) is 0 Å². The molecule has 4 heteroatoms. The molecule has 0 aromatic heterocycles. The summed E-state index contributed by atoms with van der Waals surface area (Å²) >= 11 is 0. The molecule has 0 heterocycles. The lowest BCUT2D eigenvalue weighted by Gasteiger charge is -2.63. The van der Waals surface area contributed by atoms with Crippen LogP contribution >= 0.6 is 0 Å². The summed E-state index contributed by atoms with van der Waals surface area (Å²) in [6.45, 7) is 7.20. The van der Waals surface area contributed by atoms with E-state index in [1.54, 1.807) is 20.8 Å². The molecular formula is C15H24O4. The van der Waals surface area contributed by atoms with E-state index < -0.39 is 16.4 Å². The van der Waals surface area contributed by atoms with Gasteiger partial charge in [0.05, 0.1) is 23.0 Å². The van der Waals surface area contributed by atoms with Gasteiger partial charge in [-0.05, 0) is 52.0 Å². The largest absolute Gasteiger partial charge is 0.464 e. The highest BCUT2D eigenvalue weighted by Gasteiger charge is 2.67. The summed E-state index contributed by atoms with van der Waals surface area (Å²) in [4.78, 5) is 11.9. The maximum Gasteiger partial charge on any atom is 0.311 e. The summed E-state index contributed by atoms with van der Waals surface area (Å²) in [7, 11) is 0. The molecule has 0 aromatic carbocycles. The van der Waals surface area contributed by atoms with Crippen LogP contribution in [0, 0.1) is 16.7 Å². The Kier molecular flexibility index (Phi) is 3.30. The van der Waals surface area contributed by atoms with Crippen molar-refractivity contribution in [2.45, 2.75) is 46.1 Å². The SMILES string of the molecule is CC1=CC[C@H]2C[C@]1(O)[C@@]2(CO)COC(=O)C(C)(C)C. The first-order valence-electron chi connectivity index (χ1n) is 6.85. The van der Waals surface area contributed by atoms with Crippen LogP contribution in [0.15, 0.2) is 11.6 Å². The predicted molar refractivity (Wildman–Crippen MR) is 71.4 cm³/mol. The van der Waals surface area contributed by atoms with Gasteiger partial charge in [0.15, 0.2) is 0 Å². The van der Waals surface area contributed by atoms with Crippen molar-refractivity contribution in [3.63, 3.8) is 0 Å². The minimum Gasteiger partial charge on any atom is -0.464 e. The van der Waals surface area contributed by atoms with E-state index in [1.165, 1.54) is 0 Å². The van der Waals surface area contributed by atoms with Crippen LogP contribution < -0.4 is 0 Å². The Labute approximate surface area is 114 Å². The zero-order chi connectivity index (χ0) is 14.5. The average Bonchev–Trinajstić information content (AvgIpc) is 2.31. The van der Waals surface area contributed by atoms with E-state index in [4.69, 9.17) is 4.74 Å². The average molecular weight is 268 g/mol. The van der Waals surface area contributed by atoms with Crippen LogP contribution in [0.25, 0.3) is 0 Å². The van der Waals surface area contributed by atoms with E-state index in [0.29, 0.717) is 6.42 Å². The van der Waals surface area contributed by atoms with Gasteiger partial charge in [0.2, 0.25) is 0 Å². The third-order valence-corrected chi connectivity index (χ3v) is 4.86. The fourth-order valence-corrected chi connectivity index (χ4v) is 3.27. The van der Waals surface area contributed by atoms with E-state index >= 15 is 0 Å². The minimum atomic E-state index is -1.01. The van der Waals surface area contributed by atoms with Crippen LogP contribution in [0.2, 0.25) is 0 Å². The molecule has 0 saturated heterocycles. The molecule has 1 saturated carbocycles. The fourth-order valence-electron chi connectivity index (χ4n) is 3.27. The van der Waals surface area contributed by atoms with E-state index in [1.807, 2.05) is 13.0 Å². The lowest BCUT2D eigenvalue weighted by molar-refractivity contribution is -0.237. The first-order chi connectivity index (χ1) is 8.67. The number of hydrogen-bond acceptors (Lipinski definition) is 4. The number of rotatable bonds is 3. The van der Waals surface area contributed by atoms with Crippen LogP contribution in [0.3, 0.4) is 0 Å². The molecule has 0 radical (unpaired) electrons. The minimum absolute atomic E-state index is 0.0892. The molecule has 0 spiro atoms. The molecule has 3 atom stereocenters. The smallest absolute Gasteiger partial charge is 0.311 e. The Bertz CT molecular complexity index is 420. The Morgan fingerprint density at radius 2 is 2.16 bits per heavy atom. The van der Waals surface area contributed by atoms with Crippen LogP contribution in [-0.2, 0) is 9.53 Å². The number of carbonyl (C=O) groups excluding carboxylic acids is 1. The van der Waals surface area contributed by atoms with E-state index in [9.17, 15) is 15.0 Å². The number of aliphatic hydroxyl groups excluding tert-OH is 1. The fraction of sp³-hybridized carbons (Fsp3) is 0.800. The molecule has 1 fully saturated rings. The number of fused-ring (bicyclic) bond motifs is 1. The zero-order valence-corrected chi connectivity index (χ0v) is 12.2. The molecular weight excluding hydrogens is 244 g/mol. The van der Waals surface area contributed by atoms with Crippen LogP contribution in [-0.4, -0.2) is 35.0 Å². The predicted octanol–water partition coefficient (Wildman–Crippen LogP) is 1.66. The Morgan fingerprint density at radius 1 is 1.53 bits per heavy atom. The van der Waals surface area contributed by atoms with Crippen LogP contribution in [0.4, 0.5) is 0 Å². The maximum absolute atomic E-state index is 11.9. The normalized spacial score (nSPS) is 37.4. The number of carbonyl (C=O) groups is 1. The molecule has 0 amide bonds. The molecule has 3 aliphatic carbocycles. The van der Waals surface area contributed by atoms with E-state index in [0.717, 1.165) is 12.0 Å². The van der Waals surface area contributed by atoms with Gasteiger partial charge in [0, 0.05) is 0 Å². The number of esters is 1. The van der Waals surface area contributed by atoms with Crippen molar-refractivity contribution in [1.82, 2.24) is 0 Å². The van der Waals surface area contributed by atoms with Gasteiger partial charge in [-0.15, -0.1) is 0 Å². The van der Waals surface area contributed by atoms with Crippen molar-refractivity contribution in [3.05, 3.63) is 11.6 Å². The molecule has 0 aromatic rings. The van der Waals surface area contributed by atoms with E-state index in [-0.39, 0.29) is 25.1 Å². The molecule has 3 aliphatic rings. The molecule has 0 unspecified atom stereocenters. The van der Waals surface area contributed by atoms with Gasteiger partial charge in [-0.25, -0.2) is 0 Å². The number of aliphatic hydroxyl groups is 2. The van der Waals surface area contributed by atoms with Gasteiger partial charge in [-0.3, -0.25) is 4.79 Å². The lowest BCUT2D eigenvalue weighted by Crippen LogP contribution is -2.70. The topological polar surface area (TPSA) is 66.8 Å². The number of ether oxygens (including phenoxy) is 1. The third kappa shape index (κ3) is 1.93. The second kappa shape index (κ2) is 4.32. The molecule has 2 N–H and O–H groups in total. The Hall–Kier alpha value is -0.870. The van der Waals surface area contributed by atoms with Crippen molar-refractivity contribution >= 4 is 5.97 Å². The van der Waals surface area contributed by atoms with Crippen molar-refractivity contribution in [2.24, 2.45) is 16.7 Å². The zero-order valence-electron chi connectivity index (χ0n) is 12.2. The van der Waals surface area contributed by atoms with Gasteiger partial charge in [-0.1, -0.05) is 6.08 Å². The summed E-state index contributed by atoms with van der Waals surface area (Å²) in [6.07, 6.45) is 3.51. The monoisotopic (exact) mass is 268 g/mol. The van der Waals surface area contributed by atoms with Crippen molar-refractivity contribution < 1.29 is 19.7 Å². The third-order valence-electron chi connectivity index (χ3n) is 4.86. The highest BCUT2D eigenvalue weighted by molar-refractivity contribution is 5.75. The highest BCUT2D eigenvalue weighted by atomic mass is 16.5. The van der Waals surface area contributed by atoms with Gasteiger partial charge in [0.25, 0.3) is 0 Å². The van der Waals surface area contributed by atoms with Crippen molar-refractivity contribution in [2.75, 3.05) is 13.2 Å². The van der Waals surface area contributed by atoms with Crippen LogP contribution in [0.1, 0.15) is 40.5 Å². The molecule has 4 nitrogen and oxygen atoms in total. The first kappa shape index (κ1) is 14.5. The van der Waals surface area contributed by atoms with Gasteiger partial charge in [0.1, 0.15) is 6.61 Å². The molecule has 2 bridgehead atoms. The Morgan fingerprint density at radius 3 is 2.63 bits per heavy atom. The molecule has 108 valence electrons. The molecule has 0 aliphatic heterocycles. The van der Waals surface area contributed by atoms with Gasteiger partial charge >= 0.3 is 5.97 Å². The highest BCUT2D eigenvalue weighted by Crippen LogP contribution is 2.62. The standard InChI is InChI=1S/C15H24O4/c1-10-5-6-11-7-15(10,18)14(11,8-16)9-19-12(17)13(2,3)4/h5,11,16,18H,6-9H2,1-4H3/t11-,14-,15+/m0/s1. The second-order valence-corrected chi connectivity index (χ2v) is 7.02. The number of hydrogen-bond donors (Lipinski definition) is 2. The summed E-state index contributed by atoms with van der Waals surface area (Å²) < 4.78 is 5.37. The Balaban J connectivity index is 2.14. The quantitative estimate of drug-likeness (QED) is 0.603. The maximum atomic E-state index is 11.9. The van der Waals surface area contributed by atoms with E-state index in [2.05, 4.69) is 0 Å². The van der Waals surface area contributed by atoms with Crippen molar-refractivity contribution in [1.29, 1.82) is 0 Å². The second-order valence-electron chi connectivity index (χ2n) is 7.02. The summed E-state index contributed by atoms with van der Waals surface area (Å²) in [6, 6.07) is 0. The van der Waals surface area contributed by atoms with Gasteiger partial charge < -0.3 is 14.9 Å². The van der Waals surface area contributed by atoms with Crippen LogP contribution in [0.5, 0.6) is 0 Å². The molecule has 3 rings (SSSR count). The number of allylic oxidation sites excluding steroid dienone is 1. The summed E-state index contributed by atoms with van der Waals surface area (Å²) in [5.74, 6) is -0.102. The van der Waals surface area contributed by atoms with Gasteiger partial charge in [-0.2, -0.15) is 0 Å². The lowest BCUT2D eigenvalue weighted by atomic mass is 9.45. The first-order valence-corrected chi connectivity index (χ1v) is 6.85. The summed E-state index contributed by atoms with van der Waals surface area (Å²) in [5.41, 5.74) is -1.41. The molecule has 19 heavy (non-hydrogen) atoms. The summed E-state index contributed by atoms with van der Waals surface area (Å²) in [5, 5.41) is 20.5.